The van der Waals surface area contributed by atoms with Crippen molar-refractivity contribution in [3.63, 3.8) is 0 Å². The van der Waals surface area contributed by atoms with Crippen molar-refractivity contribution in [2.24, 2.45) is 0 Å². The number of halogens is 3. The zero-order chi connectivity index (χ0) is 20.8. The highest BCUT2D eigenvalue weighted by molar-refractivity contribution is 7.17. The quantitative estimate of drug-likeness (QED) is 0.473. The minimum atomic E-state index is -0.811. The summed E-state index contributed by atoms with van der Waals surface area (Å²) in [4.78, 5) is 20.5. The lowest BCUT2D eigenvalue weighted by molar-refractivity contribution is 0.206. The first-order valence-electron chi connectivity index (χ1n) is 9.12. The van der Waals surface area contributed by atoms with E-state index in [1.54, 1.807) is 17.0 Å². The fourth-order valence-electron chi connectivity index (χ4n) is 3.37. The van der Waals surface area contributed by atoms with Gasteiger partial charge in [0, 0.05) is 34.5 Å². The number of amides is 2. The highest BCUT2D eigenvalue weighted by atomic mass is 35.5. The Balaban J connectivity index is 1.36. The van der Waals surface area contributed by atoms with Gasteiger partial charge in [0.05, 0.1) is 17.9 Å². The molecule has 30 heavy (non-hydrogen) atoms. The van der Waals surface area contributed by atoms with Gasteiger partial charge in [-0.05, 0) is 36.4 Å². The van der Waals surface area contributed by atoms with Crippen molar-refractivity contribution >= 4 is 39.6 Å². The molecule has 5 rings (SSSR count). The highest BCUT2D eigenvalue weighted by Crippen LogP contribution is 2.30. The van der Waals surface area contributed by atoms with E-state index < -0.39 is 17.7 Å². The predicted molar refractivity (Wildman–Crippen MR) is 111 cm³/mol. The number of benzene rings is 2. The molecule has 1 aliphatic heterocycles. The van der Waals surface area contributed by atoms with Gasteiger partial charge in [0.1, 0.15) is 11.6 Å². The Morgan fingerprint density at radius 2 is 1.97 bits per heavy atom. The summed E-state index contributed by atoms with van der Waals surface area (Å²) in [6.45, 7) is 0.819. The van der Waals surface area contributed by atoms with Crippen LogP contribution in [0.5, 0.6) is 0 Å². The fraction of sp³-hybridized carbons (Fsp3) is 0.150. The highest BCUT2D eigenvalue weighted by Gasteiger charge is 2.26. The second-order valence-electron chi connectivity index (χ2n) is 6.83. The van der Waals surface area contributed by atoms with E-state index in [9.17, 15) is 13.6 Å². The second kappa shape index (κ2) is 7.33. The lowest BCUT2D eigenvalue weighted by Gasteiger charge is -2.26. The molecule has 0 saturated heterocycles. The van der Waals surface area contributed by atoms with Crippen LogP contribution in [-0.2, 0) is 13.0 Å². The van der Waals surface area contributed by atoms with Crippen molar-refractivity contribution in [2.45, 2.75) is 13.0 Å². The maximum Gasteiger partial charge on any atom is 0.322 e. The number of carbonyl (C=O) groups is 1. The summed E-state index contributed by atoms with van der Waals surface area (Å²) in [6.07, 6.45) is 0.595. The fourth-order valence-corrected chi connectivity index (χ4v) is 4.61. The van der Waals surface area contributed by atoms with Crippen LogP contribution >= 0.6 is 22.9 Å². The van der Waals surface area contributed by atoms with Crippen LogP contribution in [0.15, 0.2) is 42.5 Å². The van der Waals surface area contributed by atoms with Crippen LogP contribution in [-0.4, -0.2) is 32.1 Å². The first kappa shape index (κ1) is 19.0. The molecule has 10 heteroatoms. The van der Waals surface area contributed by atoms with Crippen molar-refractivity contribution < 1.29 is 13.6 Å². The molecule has 0 bridgehead atoms. The number of hydrogen-bond acceptors (Lipinski definition) is 4. The van der Waals surface area contributed by atoms with Crippen molar-refractivity contribution in [2.75, 3.05) is 11.9 Å². The van der Waals surface area contributed by atoms with Crippen molar-refractivity contribution in [3.05, 3.63) is 69.7 Å². The van der Waals surface area contributed by atoms with Crippen molar-refractivity contribution in [1.82, 2.24) is 19.5 Å². The third-order valence-corrected chi connectivity index (χ3v) is 6.19. The molecule has 0 saturated carbocycles. The average molecular weight is 446 g/mol. The van der Waals surface area contributed by atoms with Gasteiger partial charge in [-0.2, -0.15) is 4.98 Å². The number of anilines is 1. The molecule has 2 amide bonds. The summed E-state index contributed by atoms with van der Waals surface area (Å²) in [7, 11) is 0. The molecule has 0 atom stereocenters. The Morgan fingerprint density at radius 3 is 2.73 bits per heavy atom. The Morgan fingerprint density at radius 1 is 1.17 bits per heavy atom. The number of rotatable bonds is 2. The first-order valence-corrected chi connectivity index (χ1v) is 10.3. The second-order valence-corrected chi connectivity index (χ2v) is 8.33. The van der Waals surface area contributed by atoms with E-state index in [1.807, 2.05) is 16.6 Å². The van der Waals surface area contributed by atoms with Gasteiger partial charge in [0.25, 0.3) is 0 Å². The molecule has 6 nitrogen and oxygen atoms in total. The van der Waals surface area contributed by atoms with Crippen LogP contribution in [0.3, 0.4) is 0 Å². The van der Waals surface area contributed by atoms with Gasteiger partial charge >= 0.3 is 6.03 Å². The van der Waals surface area contributed by atoms with E-state index in [0.717, 1.165) is 33.2 Å². The molecule has 1 aliphatic rings. The van der Waals surface area contributed by atoms with Gasteiger partial charge in [0.15, 0.2) is 5.82 Å². The summed E-state index contributed by atoms with van der Waals surface area (Å²) < 4.78 is 28.7. The van der Waals surface area contributed by atoms with Gasteiger partial charge in [-0.15, -0.1) is 5.10 Å². The smallest absolute Gasteiger partial charge is 0.319 e. The standard InChI is InChI=1S/C20H14ClF2N5OS/c21-12-3-1-11(2-4-12)18-25-20-28(26-18)16-7-8-27(10-17(16)30-20)19(29)24-15-6-5-13(22)9-14(15)23/h1-6,9H,7-8,10H2,(H,24,29). The van der Waals surface area contributed by atoms with Gasteiger partial charge in [-0.1, -0.05) is 22.9 Å². The number of nitrogens with one attached hydrogen (secondary N) is 1. The van der Waals surface area contributed by atoms with Crippen LogP contribution in [0.4, 0.5) is 19.3 Å². The minimum absolute atomic E-state index is 0.0533. The molecular formula is C20H14ClF2N5OS. The summed E-state index contributed by atoms with van der Waals surface area (Å²) in [6, 6.07) is 9.94. The third kappa shape index (κ3) is 3.40. The summed E-state index contributed by atoms with van der Waals surface area (Å²) >= 11 is 7.41. The van der Waals surface area contributed by atoms with Crippen molar-refractivity contribution in [3.8, 4) is 11.4 Å². The molecule has 0 radical (unpaired) electrons. The van der Waals surface area contributed by atoms with Crippen LogP contribution in [0.1, 0.15) is 10.6 Å². The molecule has 2 aromatic heterocycles. The largest absolute Gasteiger partial charge is 0.322 e. The van der Waals surface area contributed by atoms with E-state index in [-0.39, 0.29) is 5.69 Å². The Hall–Kier alpha value is -3.04. The van der Waals surface area contributed by atoms with E-state index in [4.69, 9.17) is 11.6 Å². The van der Waals surface area contributed by atoms with E-state index in [2.05, 4.69) is 15.4 Å². The van der Waals surface area contributed by atoms with Crippen LogP contribution in [0.2, 0.25) is 5.02 Å². The number of aromatic nitrogens is 3. The number of thiazole rings is 1. The molecule has 2 aromatic carbocycles. The molecular weight excluding hydrogens is 432 g/mol. The van der Waals surface area contributed by atoms with Gasteiger partial charge < -0.3 is 10.2 Å². The van der Waals surface area contributed by atoms with Gasteiger partial charge in [0.2, 0.25) is 4.96 Å². The molecule has 4 aromatic rings. The Kier molecular flexibility index (Phi) is 4.63. The average Bonchev–Trinajstić information content (AvgIpc) is 3.28. The van der Waals surface area contributed by atoms with Crippen LogP contribution < -0.4 is 5.32 Å². The number of carbonyl (C=O) groups excluding carboxylic acids is 1. The number of hydrogen-bond donors (Lipinski definition) is 1. The molecule has 152 valence electrons. The molecule has 3 heterocycles. The molecule has 0 aliphatic carbocycles. The predicted octanol–water partition coefficient (Wildman–Crippen LogP) is 4.98. The molecule has 0 fully saturated rings. The number of urea groups is 1. The minimum Gasteiger partial charge on any atom is -0.319 e. The maximum atomic E-state index is 13.8. The zero-order valence-electron chi connectivity index (χ0n) is 15.4. The zero-order valence-corrected chi connectivity index (χ0v) is 17.0. The number of fused-ring (bicyclic) bond motifs is 3. The Bertz CT molecular complexity index is 1270. The molecule has 0 spiro atoms. The van der Waals surface area contributed by atoms with Crippen LogP contribution in [0, 0.1) is 11.6 Å². The molecule has 1 N–H and O–H groups in total. The maximum absolute atomic E-state index is 13.8. The van der Waals surface area contributed by atoms with Crippen LogP contribution in [0.25, 0.3) is 16.3 Å². The SMILES string of the molecule is O=C(Nc1ccc(F)cc1F)N1CCc2c(sc3nc(-c4ccc(Cl)cc4)nn23)C1. The van der Waals surface area contributed by atoms with E-state index in [1.165, 1.54) is 17.4 Å². The number of nitrogens with zero attached hydrogens (tertiary/aromatic N) is 4. The van der Waals surface area contributed by atoms with Crippen molar-refractivity contribution in [1.29, 1.82) is 0 Å². The summed E-state index contributed by atoms with van der Waals surface area (Å²) in [5.74, 6) is -0.886. The summed E-state index contributed by atoms with van der Waals surface area (Å²) in [5.41, 5.74) is 1.84. The monoisotopic (exact) mass is 445 g/mol. The third-order valence-electron chi connectivity index (χ3n) is 4.88. The lowest BCUT2D eigenvalue weighted by atomic mass is 10.2. The van der Waals surface area contributed by atoms with Gasteiger partial charge in [-0.25, -0.2) is 18.1 Å². The topological polar surface area (TPSA) is 62.5 Å². The van der Waals surface area contributed by atoms with Gasteiger partial charge in [-0.3, -0.25) is 0 Å². The Labute approximate surface area is 178 Å². The summed E-state index contributed by atoms with van der Waals surface area (Å²) in [5, 5.41) is 7.76. The van der Waals surface area contributed by atoms with E-state index in [0.29, 0.717) is 30.4 Å². The normalized spacial score (nSPS) is 13.5. The lowest BCUT2D eigenvalue weighted by Crippen LogP contribution is -2.38. The van der Waals surface area contributed by atoms with E-state index >= 15 is 0 Å². The molecule has 0 unspecified atom stereocenters. The first-order chi connectivity index (χ1) is 14.5.